The lowest BCUT2D eigenvalue weighted by atomic mass is 10.3. The van der Waals surface area contributed by atoms with Crippen molar-refractivity contribution < 1.29 is 18.0 Å². The molecule has 1 aliphatic rings. The molecule has 4 nitrogen and oxygen atoms in total. The first-order valence-electron chi connectivity index (χ1n) is 5.48. The van der Waals surface area contributed by atoms with Crippen LogP contribution in [-0.4, -0.2) is 17.1 Å². The van der Waals surface area contributed by atoms with Gasteiger partial charge in [-0.05, 0) is 24.5 Å². The lowest BCUT2D eigenvalue weighted by molar-refractivity contribution is -0.141. The maximum atomic E-state index is 12.4. The Hall–Kier alpha value is -1.79. The molecule has 2 rings (SSSR count). The lowest BCUT2D eigenvalue weighted by Gasteiger charge is -2.09. The topological polar surface area (TPSA) is 54.0 Å². The Morgan fingerprint density at radius 3 is 2.67 bits per heavy atom. The zero-order valence-electron chi connectivity index (χ0n) is 9.58. The molecule has 98 valence electrons. The zero-order chi connectivity index (χ0) is 13.3. The van der Waals surface area contributed by atoms with Crippen LogP contribution in [0.1, 0.15) is 19.0 Å². The lowest BCUT2D eigenvalue weighted by Crippen LogP contribution is -2.31. The van der Waals surface area contributed by atoms with Crippen molar-refractivity contribution in [1.29, 1.82) is 0 Å². The van der Waals surface area contributed by atoms with Crippen molar-refractivity contribution in [3.8, 4) is 0 Å². The van der Waals surface area contributed by atoms with E-state index < -0.39 is 17.9 Å². The summed E-state index contributed by atoms with van der Waals surface area (Å²) in [6, 6.07) is 2.94. The first-order chi connectivity index (χ1) is 8.36. The van der Waals surface area contributed by atoms with Crippen LogP contribution in [0.25, 0.3) is 0 Å². The minimum absolute atomic E-state index is 0.107. The van der Waals surface area contributed by atoms with E-state index in [1.165, 1.54) is 12.1 Å². The standard InChI is InChI=1S/C11H12F3N3O/c1-6-5-7(6)15-10(18)17-9-4-2-3-8(16-9)11(12,13)14/h2-4,6-7H,5H2,1H3,(H2,15,16,17,18)/t6-,7+/m1/s1. The highest BCUT2D eigenvalue weighted by Crippen LogP contribution is 2.29. The first-order valence-corrected chi connectivity index (χ1v) is 5.48. The maximum Gasteiger partial charge on any atom is 0.433 e. The molecule has 18 heavy (non-hydrogen) atoms. The fraction of sp³-hybridized carbons (Fsp3) is 0.455. The summed E-state index contributed by atoms with van der Waals surface area (Å²) in [6.07, 6.45) is -3.62. The van der Waals surface area contributed by atoms with E-state index in [4.69, 9.17) is 0 Å². The molecule has 1 aromatic heterocycles. The van der Waals surface area contributed by atoms with Crippen molar-refractivity contribution in [3.63, 3.8) is 0 Å². The van der Waals surface area contributed by atoms with E-state index in [9.17, 15) is 18.0 Å². The van der Waals surface area contributed by atoms with E-state index in [0.29, 0.717) is 5.92 Å². The van der Waals surface area contributed by atoms with Crippen LogP contribution < -0.4 is 10.6 Å². The monoisotopic (exact) mass is 259 g/mol. The van der Waals surface area contributed by atoms with Crippen LogP contribution in [0.2, 0.25) is 0 Å². The summed E-state index contributed by atoms with van der Waals surface area (Å²) in [7, 11) is 0. The van der Waals surface area contributed by atoms with E-state index in [1.54, 1.807) is 0 Å². The van der Waals surface area contributed by atoms with Crippen LogP contribution in [0.4, 0.5) is 23.8 Å². The number of urea groups is 1. The molecule has 2 amide bonds. The maximum absolute atomic E-state index is 12.4. The van der Waals surface area contributed by atoms with Gasteiger partial charge in [0.05, 0.1) is 0 Å². The van der Waals surface area contributed by atoms with Gasteiger partial charge >= 0.3 is 12.2 Å². The molecule has 0 aromatic carbocycles. The average molecular weight is 259 g/mol. The van der Waals surface area contributed by atoms with Crippen molar-refractivity contribution in [2.75, 3.05) is 5.32 Å². The summed E-state index contributed by atoms with van der Waals surface area (Å²) < 4.78 is 37.2. The summed E-state index contributed by atoms with van der Waals surface area (Å²) in [5.41, 5.74) is -1.03. The van der Waals surface area contributed by atoms with Gasteiger partial charge in [0, 0.05) is 6.04 Å². The number of anilines is 1. The van der Waals surface area contributed by atoms with Crippen LogP contribution in [0, 0.1) is 5.92 Å². The Morgan fingerprint density at radius 1 is 1.44 bits per heavy atom. The first kappa shape index (κ1) is 12.7. The van der Waals surface area contributed by atoms with Gasteiger partial charge in [-0.25, -0.2) is 9.78 Å². The Kier molecular flexibility index (Phi) is 3.14. The second kappa shape index (κ2) is 4.47. The van der Waals surface area contributed by atoms with E-state index in [1.807, 2.05) is 6.92 Å². The highest BCUT2D eigenvalue weighted by molar-refractivity contribution is 5.88. The molecule has 1 saturated carbocycles. The number of hydrogen-bond donors (Lipinski definition) is 2. The second-order valence-corrected chi connectivity index (χ2v) is 4.32. The molecule has 2 atom stereocenters. The number of rotatable bonds is 2. The third-order valence-electron chi connectivity index (χ3n) is 2.71. The molecule has 0 spiro atoms. The van der Waals surface area contributed by atoms with Gasteiger partial charge < -0.3 is 5.32 Å². The van der Waals surface area contributed by atoms with Crippen molar-refractivity contribution in [2.45, 2.75) is 25.6 Å². The molecule has 2 N–H and O–H groups in total. The van der Waals surface area contributed by atoms with Crippen LogP contribution in [0.15, 0.2) is 18.2 Å². The van der Waals surface area contributed by atoms with Gasteiger partial charge in [0.15, 0.2) is 0 Å². The average Bonchev–Trinajstić information content (AvgIpc) is 2.93. The van der Waals surface area contributed by atoms with Crippen molar-refractivity contribution in [1.82, 2.24) is 10.3 Å². The Morgan fingerprint density at radius 2 is 2.11 bits per heavy atom. The molecule has 7 heteroatoms. The van der Waals surface area contributed by atoms with E-state index in [0.717, 1.165) is 12.5 Å². The van der Waals surface area contributed by atoms with Crippen LogP contribution in [-0.2, 0) is 6.18 Å². The van der Waals surface area contributed by atoms with E-state index >= 15 is 0 Å². The van der Waals surface area contributed by atoms with Gasteiger partial charge in [-0.2, -0.15) is 13.2 Å². The minimum Gasteiger partial charge on any atom is -0.335 e. The summed E-state index contributed by atoms with van der Waals surface area (Å²) in [5, 5.41) is 4.92. The van der Waals surface area contributed by atoms with Crippen molar-refractivity contribution in [3.05, 3.63) is 23.9 Å². The fourth-order valence-electron chi connectivity index (χ4n) is 1.51. The van der Waals surface area contributed by atoms with Crippen LogP contribution >= 0.6 is 0 Å². The molecule has 1 aromatic rings. The van der Waals surface area contributed by atoms with Gasteiger partial charge in [-0.1, -0.05) is 13.0 Å². The zero-order valence-corrected chi connectivity index (χ0v) is 9.58. The number of hydrogen-bond acceptors (Lipinski definition) is 2. The molecule has 0 saturated heterocycles. The fourth-order valence-corrected chi connectivity index (χ4v) is 1.51. The van der Waals surface area contributed by atoms with Gasteiger partial charge in [0.1, 0.15) is 11.5 Å². The van der Waals surface area contributed by atoms with Crippen LogP contribution in [0.5, 0.6) is 0 Å². The molecule has 0 radical (unpaired) electrons. The molecule has 0 bridgehead atoms. The molecular weight excluding hydrogens is 247 g/mol. The summed E-state index contributed by atoms with van der Waals surface area (Å²) in [5.74, 6) is 0.306. The number of carbonyl (C=O) groups excluding carboxylic acids is 1. The third kappa shape index (κ3) is 3.12. The predicted octanol–water partition coefficient (Wildman–Crippen LogP) is 2.63. The number of nitrogens with zero attached hydrogens (tertiary/aromatic N) is 1. The largest absolute Gasteiger partial charge is 0.433 e. The van der Waals surface area contributed by atoms with Gasteiger partial charge in [0.2, 0.25) is 0 Å². The van der Waals surface area contributed by atoms with Gasteiger partial charge in [-0.15, -0.1) is 0 Å². The van der Waals surface area contributed by atoms with Gasteiger partial charge in [-0.3, -0.25) is 5.32 Å². The molecular formula is C11H12F3N3O. The molecule has 1 aliphatic carbocycles. The second-order valence-electron chi connectivity index (χ2n) is 4.32. The molecule has 1 fully saturated rings. The van der Waals surface area contributed by atoms with Crippen molar-refractivity contribution >= 4 is 11.8 Å². The minimum atomic E-state index is -4.51. The smallest absolute Gasteiger partial charge is 0.335 e. The molecule has 0 unspecified atom stereocenters. The predicted molar refractivity (Wildman–Crippen MR) is 59.0 cm³/mol. The number of nitrogens with one attached hydrogen (secondary N) is 2. The number of carbonyl (C=O) groups is 1. The number of amides is 2. The summed E-state index contributed by atoms with van der Waals surface area (Å²) in [6.45, 7) is 1.98. The van der Waals surface area contributed by atoms with E-state index in [2.05, 4.69) is 15.6 Å². The highest BCUT2D eigenvalue weighted by atomic mass is 19.4. The SMILES string of the molecule is C[C@@H]1C[C@@H]1NC(=O)Nc1cccc(C(F)(F)F)n1. The Bertz CT molecular complexity index is 461. The van der Waals surface area contributed by atoms with Crippen LogP contribution in [0.3, 0.4) is 0 Å². The van der Waals surface area contributed by atoms with E-state index in [-0.39, 0.29) is 11.9 Å². The van der Waals surface area contributed by atoms with Crippen molar-refractivity contribution in [2.24, 2.45) is 5.92 Å². The number of halogens is 3. The van der Waals surface area contributed by atoms with Gasteiger partial charge in [0.25, 0.3) is 0 Å². The Labute approximate surface area is 102 Å². The molecule has 0 aliphatic heterocycles. The number of alkyl halides is 3. The number of aromatic nitrogens is 1. The third-order valence-corrected chi connectivity index (χ3v) is 2.71. The molecule has 1 heterocycles. The highest BCUT2D eigenvalue weighted by Gasteiger charge is 2.34. The quantitative estimate of drug-likeness (QED) is 0.857. The summed E-state index contributed by atoms with van der Waals surface area (Å²) in [4.78, 5) is 14.8. The summed E-state index contributed by atoms with van der Waals surface area (Å²) >= 11 is 0. The Balaban J connectivity index is 1.98. The normalized spacial score (nSPS) is 22.4. The number of pyridine rings is 1.